The van der Waals surface area contributed by atoms with Gasteiger partial charge in [0.1, 0.15) is 0 Å². The molecule has 3 rings (SSSR count). The molecule has 0 radical (unpaired) electrons. The zero-order chi connectivity index (χ0) is 15.5. The molecule has 6 nitrogen and oxygen atoms in total. The number of rotatable bonds is 4. The van der Waals surface area contributed by atoms with E-state index in [-0.39, 0.29) is 17.2 Å². The molecule has 2 aromatic rings. The summed E-state index contributed by atoms with van der Waals surface area (Å²) in [5.41, 5.74) is 0.959. The molecule has 0 N–H and O–H groups in total. The first kappa shape index (κ1) is 14.7. The van der Waals surface area contributed by atoms with Crippen LogP contribution in [0.15, 0.2) is 46.2 Å². The quantitative estimate of drug-likeness (QED) is 0.830. The number of aryl methyl sites for hydroxylation is 1. The lowest BCUT2D eigenvalue weighted by Crippen LogP contribution is -2.36. The molecule has 116 valence electrons. The lowest BCUT2D eigenvalue weighted by atomic mass is 10.2. The van der Waals surface area contributed by atoms with E-state index in [4.69, 9.17) is 0 Å². The van der Waals surface area contributed by atoms with Crippen molar-refractivity contribution in [2.75, 3.05) is 6.54 Å². The highest BCUT2D eigenvalue weighted by molar-refractivity contribution is 5.11. The second-order valence-electron chi connectivity index (χ2n) is 5.79. The summed E-state index contributed by atoms with van der Waals surface area (Å²) in [6, 6.07) is 7.14. The van der Waals surface area contributed by atoms with E-state index in [1.165, 1.54) is 10.7 Å². The fourth-order valence-electron chi connectivity index (χ4n) is 2.96. The fraction of sp³-hybridized carbons (Fsp3) is 0.438. The van der Waals surface area contributed by atoms with E-state index in [9.17, 15) is 9.59 Å². The van der Waals surface area contributed by atoms with Crippen molar-refractivity contribution >= 4 is 0 Å². The van der Waals surface area contributed by atoms with Crippen LogP contribution in [0.5, 0.6) is 0 Å². The van der Waals surface area contributed by atoms with Crippen LogP contribution in [-0.2, 0) is 20.1 Å². The van der Waals surface area contributed by atoms with Gasteiger partial charge in [-0.15, -0.1) is 0 Å². The van der Waals surface area contributed by atoms with E-state index in [1.807, 2.05) is 6.07 Å². The number of nitrogens with zero attached hydrogens (tertiary/aromatic N) is 4. The van der Waals surface area contributed by atoms with Crippen molar-refractivity contribution in [2.24, 2.45) is 7.05 Å². The van der Waals surface area contributed by atoms with Crippen molar-refractivity contribution in [1.82, 2.24) is 19.2 Å². The van der Waals surface area contributed by atoms with Gasteiger partial charge in [0.2, 0.25) is 0 Å². The van der Waals surface area contributed by atoms with Crippen LogP contribution in [0.3, 0.4) is 0 Å². The summed E-state index contributed by atoms with van der Waals surface area (Å²) >= 11 is 0. The maximum absolute atomic E-state index is 11.8. The van der Waals surface area contributed by atoms with Crippen molar-refractivity contribution in [2.45, 2.75) is 32.0 Å². The second-order valence-corrected chi connectivity index (χ2v) is 5.79. The third-order valence-electron chi connectivity index (χ3n) is 4.22. The minimum Gasteiger partial charge on any atom is -0.319 e. The molecule has 3 heterocycles. The third-order valence-corrected chi connectivity index (χ3v) is 4.22. The number of hydrogen-bond acceptors (Lipinski definition) is 4. The van der Waals surface area contributed by atoms with Gasteiger partial charge in [-0.1, -0.05) is 0 Å². The Balaban J connectivity index is 1.73. The van der Waals surface area contributed by atoms with Gasteiger partial charge in [-0.3, -0.25) is 14.5 Å². The topological polar surface area (TPSA) is 60.1 Å². The summed E-state index contributed by atoms with van der Waals surface area (Å²) in [6.45, 7) is 2.33. The predicted octanol–water partition coefficient (Wildman–Crippen LogP) is 0.607. The molecule has 1 aliphatic rings. The Morgan fingerprint density at radius 3 is 2.91 bits per heavy atom. The molecule has 0 bridgehead atoms. The van der Waals surface area contributed by atoms with Gasteiger partial charge < -0.3 is 4.57 Å². The molecule has 22 heavy (non-hydrogen) atoms. The standard InChI is InChI=1S/C16H20N4O2/c1-18-9-6-13(10-16(18)22)11-19-8-3-4-14(19)12-20-15(21)5-2-7-17-20/h2,5-7,9-10,14H,3-4,8,11-12H2,1H3. The highest BCUT2D eigenvalue weighted by Crippen LogP contribution is 2.20. The average molecular weight is 300 g/mol. The van der Waals surface area contributed by atoms with Crippen LogP contribution in [-0.4, -0.2) is 31.8 Å². The van der Waals surface area contributed by atoms with Crippen LogP contribution in [0, 0.1) is 0 Å². The summed E-state index contributed by atoms with van der Waals surface area (Å²) in [5.74, 6) is 0. The molecule has 1 saturated heterocycles. The molecule has 1 atom stereocenters. The lowest BCUT2D eigenvalue weighted by molar-refractivity contribution is 0.216. The SMILES string of the molecule is Cn1ccc(CN2CCCC2Cn2ncccc2=O)cc1=O. The van der Waals surface area contributed by atoms with E-state index < -0.39 is 0 Å². The Kier molecular flexibility index (Phi) is 4.20. The van der Waals surface area contributed by atoms with Crippen LogP contribution < -0.4 is 11.1 Å². The van der Waals surface area contributed by atoms with Crippen molar-refractivity contribution < 1.29 is 0 Å². The molecule has 6 heteroatoms. The van der Waals surface area contributed by atoms with E-state index in [0.29, 0.717) is 6.54 Å². The van der Waals surface area contributed by atoms with E-state index >= 15 is 0 Å². The van der Waals surface area contributed by atoms with Crippen molar-refractivity contribution in [3.8, 4) is 0 Å². The molecule has 1 fully saturated rings. The average Bonchev–Trinajstić information content (AvgIpc) is 2.92. The molecule has 0 saturated carbocycles. The van der Waals surface area contributed by atoms with Gasteiger partial charge >= 0.3 is 0 Å². The van der Waals surface area contributed by atoms with Crippen LogP contribution in [0.25, 0.3) is 0 Å². The van der Waals surface area contributed by atoms with Gasteiger partial charge in [0.15, 0.2) is 0 Å². The van der Waals surface area contributed by atoms with Crippen LogP contribution in [0.1, 0.15) is 18.4 Å². The number of hydrogen-bond donors (Lipinski definition) is 0. The van der Waals surface area contributed by atoms with Crippen LogP contribution in [0.4, 0.5) is 0 Å². The molecular weight excluding hydrogens is 280 g/mol. The third kappa shape index (κ3) is 3.17. The molecule has 2 aromatic heterocycles. The smallest absolute Gasteiger partial charge is 0.266 e. The predicted molar refractivity (Wildman–Crippen MR) is 83.6 cm³/mol. The molecular formula is C16H20N4O2. The van der Waals surface area contributed by atoms with Gasteiger partial charge in [0.05, 0.1) is 6.54 Å². The Morgan fingerprint density at radius 2 is 2.14 bits per heavy atom. The normalized spacial score (nSPS) is 18.7. The van der Waals surface area contributed by atoms with Crippen LogP contribution >= 0.6 is 0 Å². The van der Waals surface area contributed by atoms with Gasteiger partial charge in [-0.05, 0) is 37.1 Å². The van der Waals surface area contributed by atoms with Gasteiger partial charge in [0.25, 0.3) is 11.1 Å². The highest BCUT2D eigenvalue weighted by Gasteiger charge is 2.25. The molecule has 0 aliphatic carbocycles. The van der Waals surface area contributed by atoms with Gasteiger partial charge in [-0.25, -0.2) is 4.68 Å². The second kappa shape index (κ2) is 6.27. The van der Waals surface area contributed by atoms with Crippen molar-refractivity contribution in [1.29, 1.82) is 0 Å². The van der Waals surface area contributed by atoms with Crippen molar-refractivity contribution in [3.63, 3.8) is 0 Å². The highest BCUT2D eigenvalue weighted by atomic mass is 16.1. The molecule has 1 unspecified atom stereocenters. The first-order valence-electron chi connectivity index (χ1n) is 7.55. The van der Waals surface area contributed by atoms with E-state index in [1.54, 1.807) is 36.1 Å². The van der Waals surface area contributed by atoms with Gasteiger partial charge in [-0.2, -0.15) is 5.10 Å². The lowest BCUT2D eigenvalue weighted by Gasteiger charge is -2.24. The van der Waals surface area contributed by atoms with Gasteiger partial charge in [0, 0.05) is 44.2 Å². The largest absolute Gasteiger partial charge is 0.319 e. The molecule has 0 spiro atoms. The molecule has 0 amide bonds. The summed E-state index contributed by atoms with van der Waals surface area (Å²) < 4.78 is 3.09. The maximum Gasteiger partial charge on any atom is 0.266 e. The summed E-state index contributed by atoms with van der Waals surface area (Å²) in [6.07, 6.45) is 5.60. The Hall–Kier alpha value is -2.21. The Bertz CT molecular complexity index is 765. The van der Waals surface area contributed by atoms with E-state index in [0.717, 1.165) is 31.5 Å². The fourth-order valence-corrected chi connectivity index (χ4v) is 2.96. The van der Waals surface area contributed by atoms with Crippen LogP contribution in [0.2, 0.25) is 0 Å². The van der Waals surface area contributed by atoms with Crippen molar-refractivity contribution in [3.05, 3.63) is 62.9 Å². The minimum atomic E-state index is -0.0667. The van der Waals surface area contributed by atoms with E-state index in [2.05, 4.69) is 10.00 Å². The summed E-state index contributed by atoms with van der Waals surface area (Å²) in [4.78, 5) is 25.8. The molecule has 0 aromatic carbocycles. The summed E-state index contributed by atoms with van der Waals surface area (Å²) in [7, 11) is 1.75. The summed E-state index contributed by atoms with van der Waals surface area (Å²) in [5, 5.41) is 4.13. The first-order valence-corrected chi connectivity index (χ1v) is 7.55. The molecule has 1 aliphatic heterocycles. The number of likely N-dealkylation sites (tertiary alicyclic amines) is 1. The number of aromatic nitrogens is 3. The minimum absolute atomic E-state index is 0.00851. The Labute approximate surface area is 128 Å². The Morgan fingerprint density at radius 1 is 1.27 bits per heavy atom. The number of pyridine rings is 1. The zero-order valence-electron chi connectivity index (χ0n) is 12.7. The maximum atomic E-state index is 11.8. The zero-order valence-corrected chi connectivity index (χ0v) is 12.7. The first-order chi connectivity index (χ1) is 10.6. The monoisotopic (exact) mass is 300 g/mol.